The first-order valence-corrected chi connectivity index (χ1v) is 10.3. The van der Waals surface area contributed by atoms with Gasteiger partial charge in [-0.1, -0.05) is 32.6 Å². The highest BCUT2D eigenvalue weighted by Crippen LogP contribution is 2.29. The third-order valence-electron chi connectivity index (χ3n) is 5.25. The number of methoxy groups -OCH3 is 2. The van der Waals surface area contributed by atoms with E-state index in [4.69, 9.17) is 14.2 Å². The van der Waals surface area contributed by atoms with Crippen molar-refractivity contribution in [2.75, 3.05) is 32.5 Å². The molecule has 3 rings (SSSR count). The number of fused-ring (bicyclic) bond motifs is 1. The van der Waals surface area contributed by atoms with E-state index in [-0.39, 0.29) is 24.6 Å². The summed E-state index contributed by atoms with van der Waals surface area (Å²) in [5.74, 6) is -1.22. The molecule has 8 heteroatoms. The van der Waals surface area contributed by atoms with Gasteiger partial charge in [0, 0.05) is 17.6 Å². The molecule has 2 heterocycles. The topological polar surface area (TPSA) is 82.9 Å². The third-order valence-corrected chi connectivity index (χ3v) is 5.25. The second-order valence-electron chi connectivity index (χ2n) is 7.24. The van der Waals surface area contributed by atoms with Crippen molar-refractivity contribution in [1.82, 2.24) is 9.78 Å². The average Bonchev–Trinajstić information content (AvgIpc) is 3.19. The maximum absolute atomic E-state index is 12.5. The predicted molar refractivity (Wildman–Crippen MR) is 113 cm³/mol. The zero-order chi connectivity index (χ0) is 21.5. The van der Waals surface area contributed by atoms with Crippen molar-refractivity contribution in [3.63, 3.8) is 0 Å². The number of anilines is 1. The van der Waals surface area contributed by atoms with Gasteiger partial charge in [0.25, 0.3) is 0 Å². The van der Waals surface area contributed by atoms with Gasteiger partial charge in [-0.25, -0.2) is 9.59 Å². The Morgan fingerprint density at radius 2 is 1.87 bits per heavy atom. The molecule has 0 saturated heterocycles. The summed E-state index contributed by atoms with van der Waals surface area (Å²) in [5.41, 5.74) is 1.97. The van der Waals surface area contributed by atoms with Crippen molar-refractivity contribution in [3.05, 3.63) is 35.7 Å². The number of unbranched alkanes of at least 4 members (excludes halogenated alkanes) is 4. The van der Waals surface area contributed by atoms with E-state index < -0.39 is 11.9 Å². The molecule has 0 N–H and O–H groups in total. The molecular weight excluding hydrogens is 386 g/mol. The van der Waals surface area contributed by atoms with Gasteiger partial charge >= 0.3 is 11.9 Å². The highest BCUT2D eigenvalue weighted by molar-refractivity contribution is 6.03. The Balaban J connectivity index is 1.91. The number of benzene rings is 1. The van der Waals surface area contributed by atoms with E-state index in [9.17, 15) is 9.59 Å². The van der Waals surface area contributed by atoms with Crippen molar-refractivity contribution in [2.45, 2.75) is 45.6 Å². The van der Waals surface area contributed by atoms with Gasteiger partial charge in [-0.3, -0.25) is 4.68 Å². The molecule has 1 aromatic heterocycles. The van der Waals surface area contributed by atoms with Crippen molar-refractivity contribution >= 4 is 28.5 Å². The predicted octanol–water partition coefficient (Wildman–Crippen LogP) is 3.40. The van der Waals surface area contributed by atoms with Gasteiger partial charge in [0.15, 0.2) is 0 Å². The van der Waals surface area contributed by atoms with Crippen LogP contribution in [0.1, 0.15) is 39.0 Å². The normalized spacial score (nSPS) is 14.3. The Hall–Kier alpha value is -2.87. The molecule has 0 spiro atoms. The minimum atomic E-state index is -0.613. The third kappa shape index (κ3) is 4.64. The summed E-state index contributed by atoms with van der Waals surface area (Å²) >= 11 is 0. The second kappa shape index (κ2) is 10.2. The first-order chi connectivity index (χ1) is 14.6. The van der Waals surface area contributed by atoms with Crippen LogP contribution in [0.25, 0.3) is 10.9 Å². The first-order valence-electron chi connectivity index (χ1n) is 10.3. The molecule has 0 fully saturated rings. The molecule has 0 aliphatic carbocycles. The fourth-order valence-corrected chi connectivity index (χ4v) is 3.62. The number of rotatable bonds is 9. The lowest BCUT2D eigenvalue weighted by atomic mass is 10.1. The monoisotopic (exact) mass is 415 g/mol. The Labute approximate surface area is 176 Å². The molecule has 1 aromatic carbocycles. The van der Waals surface area contributed by atoms with Crippen LogP contribution >= 0.6 is 0 Å². The maximum Gasteiger partial charge on any atom is 0.355 e. The number of nitrogens with zero attached hydrogens (tertiary/aromatic N) is 3. The minimum Gasteiger partial charge on any atom is -0.466 e. The molecule has 0 unspecified atom stereocenters. The Bertz CT molecular complexity index is 934. The van der Waals surface area contributed by atoms with Gasteiger partial charge in [0.1, 0.15) is 12.4 Å². The van der Waals surface area contributed by atoms with Crippen LogP contribution in [0.15, 0.2) is 35.7 Å². The summed E-state index contributed by atoms with van der Waals surface area (Å²) in [7, 11) is 2.56. The molecule has 0 amide bonds. The summed E-state index contributed by atoms with van der Waals surface area (Å²) < 4.78 is 17.3. The minimum absolute atomic E-state index is 0.00839. The van der Waals surface area contributed by atoms with E-state index in [2.05, 4.69) is 12.0 Å². The number of ether oxygens (including phenoxy) is 3. The molecule has 8 nitrogen and oxygen atoms in total. The van der Waals surface area contributed by atoms with E-state index in [1.807, 2.05) is 29.1 Å². The summed E-state index contributed by atoms with van der Waals surface area (Å²) in [6, 6.07) is 5.79. The van der Waals surface area contributed by atoms with E-state index in [1.165, 1.54) is 39.9 Å². The van der Waals surface area contributed by atoms with Crippen LogP contribution in [0.3, 0.4) is 0 Å². The van der Waals surface area contributed by atoms with Gasteiger partial charge in [0.2, 0.25) is 0 Å². The lowest BCUT2D eigenvalue weighted by Crippen LogP contribution is -2.38. The number of aromatic nitrogens is 2. The average molecular weight is 415 g/mol. The van der Waals surface area contributed by atoms with Gasteiger partial charge in [-0.2, -0.15) is 5.10 Å². The van der Waals surface area contributed by atoms with E-state index in [1.54, 1.807) is 4.90 Å². The molecule has 0 saturated carbocycles. The quantitative estimate of drug-likeness (QED) is 0.458. The van der Waals surface area contributed by atoms with Crippen molar-refractivity contribution in [3.8, 4) is 0 Å². The van der Waals surface area contributed by atoms with Gasteiger partial charge < -0.3 is 19.1 Å². The number of hydrogen-bond acceptors (Lipinski definition) is 7. The van der Waals surface area contributed by atoms with Gasteiger partial charge in [-0.05, 0) is 24.6 Å². The van der Waals surface area contributed by atoms with Crippen LogP contribution in [0.4, 0.5) is 5.69 Å². The zero-order valence-corrected chi connectivity index (χ0v) is 17.8. The van der Waals surface area contributed by atoms with E-state index >= 15 is 0 Å². The van der Waals surface area contributed by atoms with Crippen LogP contribution in [-0.2, 0) is 30.3 Å². The molecule has 0 atom stereocenters. The van der Waals surface area contributed by atoms with Crippen LogP contribution < -0.4 is 4.90 Å². The number of carbonyl (C=O) groups excluding carboxylic acids is 2. The Kier molecular flexibility index (Phi) is 7.46. The summed E-state index contributed by atoms with van der Waals surface area (Å²) in [6.45, 7) is 3.16. The number of hydrogen-bond donors (Lipinski definition) is 0. The number of aryl methyl sites for hydroxylation is 1. The highest BCUT2D eigenvalue weighted by atomic mass is 16.5. The molecular formula is C22H29N3O5. The SMILES string of the molecule is CCCCCCCn1ncc2ccc(N3COCC(C(=O)OC)=C3C(=O)OC)cc21. The second-order valence-corrected chi connectivity index (χ2v) is 7.24. The van der Waals surface area contributed by atoms with Crippen molar-refractivity contribution in [1.29, 1.82) is 0 Å². The molecule has 0 bridgehead atoms. The molecule has 1 aliphatic heterocycles. The van der Waals surface area contributed by atoms with Crippen LogP contribution in [-0.4, -0.2) is 49.3 Å². The molecule has 162 valence electrons. The van der Waals surface area contributed by atoms with Crippen LogP contribution in [0, 0.1) is 0 Å². The lowest BCUT2D eigenvalue weighted by molar-refractivity contribution is -0.140. The van der Waals surface area contributed by atoms with Gasteiger partial charge in [0.05, 0.1) is 38.1 Å². The number of esters is 2. The first kappa shape index (κ1) is 21.8. The molecule has 30 heavy (non-hydrogen) atoms. The van der Waals surface area contributed by atoms with E-state index in [0.29, 0.717) is 0 Å². The maximum atomic E-state index is 12.5. The Morgan fingerprint density at radius 1 is 1.10 bits per heavy atom. The molecule has 1 aliphatic rings. The smallest absolute Gasteiger partial charge is 0.355 e. The van der Waals surface area contributed by atoms with E-state index in [0.717, 1.165) is 29.6 Å². The fraction of sp³-hybridized carbons (Fsp3) is 0.500. The summed E-state index contributed by atoms with van der Waals surface area (Å²) in [4.78, 5) is 26.3. The fourth-order valence-electron chi connectivity index (χ4n) is 3.62. The highest BCUT2D eigenvalue weighted by Gasteiger charge is 2.32. The molecule has 2 aromatic rings. The number of carbonyl (C=O) groups is 2. The Morgan fingerprint density at radius 3 is 2.60 bits per heavy atom. The van der Waals surface area contributed by atoms with Gasteiger partial charge in [-0.15, -0.1) is 0 Å². The lowest BCUT2D eigenvalue weighted by Gasteiger charge is -2.31. The summed E-state index contributed by atoms with van der Waals surface area (Å²) in [5, 5.41) is 5.53. The van der Waals surface area contributed by atoms with Crippen LogP contribution in [0.5, 0.6) is 0 Å². The van der Waals surface area contributed by atoms with Crippen molar-refractivity contribution < 1.29 is 23.8 Å². The summed E-state index contributed by atoms with van der Waals surface area (Å²) in [6.07, 6.45) is 7.78. The van der Waals surface area contributed by atoms with Crippen LogP contribution in [0.2, 0.25) is 0 Å². The largest absolute Gasteiger partial charge is 0.466 e. The standard InChI is InChI=1S/C22H29N3O5/c1-4-5-6-7-8-11-25-19-12-17(10-9-16(19)13-23-25)24-15-30-14-18(21(26)28-2)20(24)22(27)29-3/h9-10,12-13H,4-8,11,14-15H2,1-3H3. The molecule has 0 radical (unpaired) electrons. The zero-order valence-electron chi connectivity index (χ0n) is 17.8. The van der Waals surface area contributed by atoms with Crippen molar-refractivity contribution in [2.24, 2.45) is 0 Å².